The second kappa shape index (κ2) is 11.2. The zero-order valence-electron chi connectivity index (χ0n) is 20.9. The highest BCUT2D eigenvalue weighted by Crippen LogP contribution is 2.42. The smallest absolute Gasteiger partial charge is 0.203 e. The molecule has 0 N–H and O–H groups in total. The summed E-state index contributed by atoms with van der Waals surface area (Å²) in [6.07, 6.45) is 3.87. The van der Waals surface area contributed by atoms with Gasteiger partial charge in [0.25, 0.3) is 0 Å². The van der Waals surface area contributed by atoms with Crippen molar-refractivity contribution in [2.75, 3.05) is 35.5 Å². The predicted octanol–water partition coefficient (Wildman–Crippen LogP) is 6.59. The number of benzene rings is 3. The number of hydrogen-bond acceptors (Lipinski definition) is 7. The van der Waals surface area contributed by atoms with E-state index in [1.54, 1.807) is 43.8 Å². The molecule has 0 bridgehead atoms. The topological polar surface area (TPSA) is 63.2 Å². The van der Waals surface area contributed by atoms with Gasteiger partial charge in [0.1, 0.15) is 11.5 Å². The summed E-state index contributed by atoms with van der Waals surface area (Å²) in [5.74, 6) is 2.56. The van der Waals surface area contributed by atoms with Gasteiger partial charge in [0.15, 0.2) is 17.3 Å². The summed E-state index contributed by atoms with van der Waals surface area (Å²) in [6, 6.07) is 17.7. The highest BCUT2D eigenvalue weighted by molar-refractivity contribution is 7.22. The van der Waals surface area contributed by atoms with E-state index < -0.39 is 0 Å². The lowest BCUT2D eigenvalue weighted by Crippen LogP contribution is -2.01. The van der Waals surface area contributed by atoms with Gasteiger partial charge in [-0.3, -0.25) is 4.79 Å². The molecule has 0 saturated carbocycles. The van der Waals surface area contributed by atoms with E-state index >= 15 is 0 Å². The van der Waals surface area contributed by atoms with E-state index in [0.717, 1.165) is 21.8 Å². The molecule has 0 aliphatic carbocycles. The van der Waals surface area contributed by atoms with Gasteiger partial charge in [0, 0.05) is 26.8 Å². The van der Waals surface area contributed by atoms with Crippen molar-refractivity contribution in [2.45, 2.75) is 6.42 Å². The molecule has 1 aromatic heterocycles. The number of rotatable bonds is 10. The van der Waals surface area contributed by atoms with Crippen molar-refractivity contribution < 1.29 is 28.5 Å². The highest BCUT2D eigenvalue weighted by Gasteiger charge is 2.17. The van der Waals surface area contributed by atoms with Crippen LogP contribution in [0.3, 0.4) is 0 Å². The number of methoxy groups -OCH3 is 5. The first-order chi connectivity index (χ1) is 17.5. The average molecular weight is 505 g/mol. The van der Waals surface area contributed by atoms with Crippen LogP contribution >= 0.6 is 11.3 Å². The van der Waals surface area contributed by atoms with Crippen LogP contribution in [0, 0.1) is 0 Å². The maximum absolute atomic E-state index is 12.9. The maximum Gasteiger partial charge on any atom is 0.203 e. The third kappa shape index (κ3) is 5.02. The standard InChI is InChI=1S/C29H28O6S/c1-31-23-17-24(32-2)21(28-16-19-9-6-7-12-27(19)36-28)13-18(23)10-8-11-22(30)20-14-25(33-3)29(35-5)26(15-20)34-4/h6-9,11-17H,10H2,1-5H3/b11-8+. The molecule has 0 spiro atoms. The highest BCUT2D eigenvalue weighted by atomic mass is 32.1. The minimum atomic E-state index is -0.175. The van der Waals surface area contributed by atoms with Gasteiger partial charge in [-0.25, -0.2) is 0 Å². The molecule has 1 heterocycles. The van der Waals surface area contributed by atoms with Gasteiger partial charge in [-0.15, -0.1) is 11.3 Å². The number of allylic oxidation sites excluding steroid dienone is 2. The Balaban J connectivity index is 1.63. The van der Waals surface area contributed by atoms with E-state index in [2.05, 4.69) is 24.3 Å². The Kier molecular flexibility index (Phi) is 7.80. The van der Waals surface area contributed by atoms with Crippen molar-refractivity contribution in [3.05, 3.63) is 77.9 Å². The molecule has 0 saturated heterocycles. The lowest BCUT2D eigenvalue weighted by Gasteiger charge is -2.14. The minimum Gasteiger partial charge on any atom is -0.496 e. The van der Waals surface area contributed by atoms with Crippen LogP contribution in [0.5, 0.6) is 28.7 Å². The molecule has 0 aliphatic rings. The van der Waals surface area contributed by atoms with E-state index in [0.29, 0.717) is 35.0 Å². The number of hydrogen-bond donors (Lipinski definition) is 0. The maximum atomic E-state index is 12.9. The van der Waals surface area contributed by atoms with Crippen molar-refractivity contribution in [3.63, 3.8) is 0 Å². The zero-order chi connectivity index (χ0) is 25.7. The monoisotopic (exact) mass is 504 g/mol. The number of carbonyl (C=O) groups excluding carboxylic acids is 1. The fourth-order valence-electron chi connectivity index (χ4n) is 4.04. The molecule has 6 nitrogen and oxygen atoms in total. The van der Waals surface area contributed by atoms with E-state index in [9.17, 15) is 4.79 Å². The molecule has 36 heavy (non-hydrogen) atoms. The largest absolute Gasteiger partial charge is 0.496 e. The first-order valence-corrected chi connectivity index (χ1v) is 12.1. The summed E-state index contributed by atoms with van der Waals surface area (Å²) >= 11 is 1.71. The van der Waals surface area contributed by atoms with Crippen molar-refractivity contribution in [3.8, 4) is 39.2 Å². The van der Waals surface area contributed by atoms with Crippen molar-refractivity contribution in [1.82, 2.24) is 0 Å². The van der Waals surface area contributed by atoms with E-state index in [1.165, 1.54) is 31.4 Å². The molecule has 0 atom stereocenters. The SMILES string of the molecule is COc1cc(OC)c(-c2cc3ccccc3s2)cc1C/C=C/C(=O)c1cc(OC)c(OC)c(OC)c1. The van der Waals surface area contributed by atoms with Gasteiger partial charge in [-0.2, -0.15) is 0 Å². The van der Waals surface area contributed by atoms with Gasteiger partial charge in [-0.1, -0.05) is 24.3 Å². The number of ketones is 1. The molecule has 4 aromatic rings. The van der Waals surface area contributed by atoms with Crippen LogP contribution in [-0.4, -0.2) is 41.3 Å². The minimum absolute atomic E-state index is 0.175. The quantitative estimate of drug-likeness (QED) is 0.179. The number of fused-ring (bicyclic) bond motifs is 1. The van der Waals surface area contributed by atoms with Gasteiger partial charge in [0.05, 0.1) is 35.5 Å². The molecule has 0 unspecified atom stereocenters. The first-order valence-electron chi connectivity index (χ1n) is 11.3. The molecule has 0 radical (unpaired) electrons. The third-order valence-electron chi connectivity index (χ3n) is 5.85. The van der Waals surface area contributed by atoms with Gasteiger partial charge in [0.2, 0.25) is 5.75 Å². The van der Waals surface area contributed by atoms with Gasteiger partial charge >= 0.3 is 0 Å². The lowest BCUT2D eigenvalue weighted by molar-refractivity contribution is 0.104. The normalized spacial score (nSPS) is 11.0. The zero-order valence-corrected chi connectivity index (χ0v) is 21.7. The van der Waals surface area contributed by atoms with Gasteiger partial charge < -0.3 is 23.7 Å². The summed E-state index contributed by atoms with van der Waals surface area (Å²) in [6.45, 7) is 0. The second-order valence-corrected chi connectivity index (χ2v) is 8.98. The van der Waals surface area contributed by atoms with Crippen LogP contribution in [-0.2, 0) is 6.42 Å². The van der Waals surface area contributed by atoms with Crippen molar-refractivity contribution >= 4 is 27.2 Å². The number of carbonyl (C=O) groups is 1. The van der Waals surface area contributed by atoms with Crippen LogP contribution in [0.25, 0.3) is 20.5 Å². The average Bonchev–Trinajstić information content (AvgIpc) is 3.35. The third-order valence-corrected chi connectivity index (χ3v) is 7.00. The molecule has 4 rings (SSSR count). The van der Waals surface area contributed by atoms with Crippen LogP contribution in [0.2, 0.25) is 0 Å². The number of thiophene rings is 1. The van der Waals surface area contributed by atoms with Crippen LogP contribution in [0.4, 0.5) is 0 Å². The molecular formula is C29H28O6S. The Morgan fingerprint density at radius 2 is 1.44 bits per heavy atom. The molecule has 0 amide bonds. The second-order valence-electron chi connectivity index (χ2n) is 7.90. The van der Waals surface area contributed by atoms with E-state index in [1.807, 2.05) is 24.3 Å². The predicted molar refractivity (Wildman–Crippen MR) is 144 cm³/mol. The lowest BCUT2D eigenvalue weighted by atomic mass is 10.0. The molecule has 0 fully saturated rings. The Morgan fingerprint density at radius 1 is 0.778 bits per heavy atom. The summed E-state index contributed by atoms with van der Waals surface area (Å²) in [5, 5.41) is 1.19. The Bertz CT molecular complexity index is 1360. The van der Waals surface area contributed by atoms with Gasteiger partial charge in [-0.05, 0) is 53.8 Å². The Morgan fingerprint density at radius 3 is 2.06 bits per heavy atom. The summed E-state index contributed by atoms with van der Waals surface area (Å²) < 4.78 is 28.6. The summed E-state index contributed by atoms with van der Waals surface area (Å²) in [7, 11) is 7.84. The molecule has 3 aromatic carbocycles. The number of ether oxygens (including phenoxy) is 5. The summed E-state index contributed by atoms with van der Waals surface area (Å²) in [4.78, 5) is 14.0. The van der Waals surface area contributed by atoms with Crippen molar-refractivity contribution in [2.24, 2.45) is 0 Å². The van der Waals surface area contributed by atoms with E-state index in [4.69, 9.17) is 23.7 Å². The molecule has 0 aliphatic heterocycles. The van der Waals surface area contributed by atoms with Crippen LogP contribution < -0.4 is 23.7 Å². The fourth-order valence-corrected chi connectivity index (χ4v) is 5.13. The molecular weight excluding hydrogens is 476 g/mol. The summed E-state index contributed by atoms with van der Waals surface area (Å²) in [5.41, 5.74) is 2.37. The van der Waals surface area contributed by atoms with Crippen LogP contribution in [0.15, 0.2) is 66.7 Å². The molecule has 186 valence electrons. The Labute approximate surface area is 214 Å². The molecule has 7 heteroatoms. The van der Waals surface area contributed by atoms with E-state index in [-0.39, 0.29) is 5.78 Å². The van der Waals surface area contributed by atoms with Crippen LogP contribution in [0.1, 0.15) is 15.9 Å². The Hall–Kier alpha value is -3.97. The fraction of sp³-hybridized carbons (Fsp3) is 0.207. The van der Waals surface area contributed by atoms with Crippen molar-refractivity contribution in [1.29, 1.82) is 0 Å². The first kappa shape index (κ1) is 25.1.